The first-order valence-corrected chi connectivity index (χ1v) is 6.42. The second-order valence-electron chi connectivity index (χ2n) is 1.81. The molecule has 0 radical (unpaired) electrons. The van der Waals surface area contributed by atoms with Gasteiger partial charge in [0.25, 0.3) is 0 Å². The molecule has 8 heteroatoms. The number of carbonyl (C=O) groups is 1. The highest BCUT2D eigenvalue weighted by molar-refractivity contribution is 8.15. The molecule has 0 saturated carbocycles. The van der Waals surface area contributed by atoms with Crippen LogP contribution in [0.1, 0.15) is 0 Å². The van der Waals surface area contributed by atoms with Crippen LogP contribution in [-0.4, -0.2) is 24.2 Å². The fourth-order valence-electron chi connectivity index (χ4n) is 0.145. The SMILES string of the molecule is CN(SOP(C)(N)=S)C(=O)F. The van der Waals surface area contributed by atoms with Gasteiger partial charge in [0.05, 0.1) is 0 Å². The van der Waals surface area contributed by atoms with Gasteiger partial charge < -0.3 is 0 Å². The number of hydrogen-bond acceptors (Lipinski definition) is 4. The van der Waals surface area contributed by atoms with E-state index < -0.39 is 12.6 Å². The van der Waals surface area contributed by atoms with Crippen molar-refractivity contribution in [3.8, 4) is 0 Å². The van der Waals surface area contributed by atoms with Gasteiger partial charge in [0.15, 0.2) is 0 Å². The highest BCUT2D eigenvalue weighted by Crippen LogP contribution is 2.38. The maximum atomic E-state index is 11.8. The van der Waals surface area contributed by atoms with Crippen LogP contribution in [0.15, 0.2) is 0 Å². The predicted octanol–water partition coefficient (Wildman–Crippen LogP) is 1.49. The van der Waals surface area contributed by atoms with E-state index in [0.717, 1.165) is 0 Å². The zero-order valence-corrected chi connectivity index (χ0v) is 8.51. The zero-order chi connectivity index (χ0) is 9.07. The Morgan fingerprint density at radius 3 is 2.64 bits per heavy atom. The molecule has 66 valence electrons. The van der Waals surface area contributed by atoms with E-state index in [4.69, 9.17) is 9.47 Å². The van der Waals surface area contributed by atoms with Crippen LogP contribution in [0.4, 0.5) is 9.18 Å². The molecule has 0 rings (SSSR count). The van der Waals surface area contributed by atoms with E-state index in [0.29, 0.717) is 16.5 Å². The summed E-state index contributed by atoms with van der Waals surface area (Å²) in [6.07, 6.45) is -3.92. The van der Waals surface area contributed by atoms with E-state index in [-0.39, 0.29) is 0 Å². The van der Waals surface area contributed by atoms with Crippen LogP contribution in [0, 0.1) is 0 Å². The van der Waals surface area contributed by atoms with Gasteiger partial charge in [-0.3, -0.25) is 5.50 Å². The van der Waals surface area contributed by atoms with Gasteiger partial charge in [-0.15, -0.1) is 4.39 Å². The standard InChI is InChI=1S/C3H8FN2O2PS2/c1-6(3(4)7)11-8-9(2,5)10/h1-2H3,(H2,5,10). The summed E-state index contributed by atoms with van der Waals surface area (Å²) in [4.78, 5) is 9.96. The van der Waals surface area contributed by atoms with Crippen molar-refractivity contribution >= 4 is 36.6 Å². The monoisotopic (exact) mass is 218 g/mol. The zero-order valence-electron chi connectivity index (χ0n) is 5.98. The first-order chi connectivity index (χ1) is 4.83. The lowest BCUT2D eigenvalue weighted by atomic mass is 11.2. The molecule has 0 aliphatic rings. The van der Waals surface area contributed by atoms with Crippen LogP contribution in [0.5, 0.6) is 0 Å². The summed E-state index contributed by atoms with van der Waals surface area (Å²) in [5, 5.41) is 0. The van der Waals surface area contributed by atoms with Crippen molar-refractivity contribution < 1.29 is 13.2 Å². The van der Waals surface area contributed by atoms with Gasteiger partial charge in [0, 0.05) is 13.7 Å². The van der Waals surface area contributed by atoms with Crippen LogP contribution >= 0.6 is 18.6 Å². The van der Waals surface area contributed by atoms with Crippen molar-refractivity contribution in [2.24, 2.45) is 5.50 Å². The average molecular weight is 218 g/mol. The van der Waals surface area contributed by atoms with Crippen molar-refractivity contribution in [1.29, 1.82) is 0 Å². The third-order valence-corrected chi connectivity index (χ3v) is 2.91. The second-order valence-corrected chi connectivity index (χ2v) is 7.09. The highest BCUT2D eigenvalue weighted by atomic mass is 32.5. The molecule has 0 spiro atoms. The number of halogens is 1. The number of carbonyl (C=O) groups excluding carboxylic acids is 1. The van der Waals surface area contributed by atoms with Crippen molar-refractivity contribution in [2.45, 2.75) is 0 Å². The second kappa shape index (κ2) is 4.37. The molecule has 1 atom stereocenters. The lowest BCUT2D eigenvalue weighted by molar-refractivity contribution is 0.208. The van der Waals surface area contributed by atoms with E-state index >= 15 is 0 Å². The minimum Gasteiger partial charge on any atom is -0.281 e. The molecule has 0 heterocycles. The largest absolute Gasteiger partial charge is 0.411 e. The number of rotatable bonds is 3. The fraction of sp³-hybridized carbons (Fsp3) is 0.667. The Kier molecular flexibility index (Phi) is 4.50. The molecule has 0 aliphatic heterocycles. The van der Waals surface area contributed by atoms with Gasteiger partial charge in [0.2, 0.25) is 0 Å². The topological polar surface area (TPSA) is 55.6 Å². The number of hydrogen-bond donors (Lipinski definition) is 1. The van der Waals surface area contributed by atoms with E-state index in [1.807, 2.05) is 0 Å². The third-order valence-electron chi connectivity index (χ3n) is 0.541. The van der Waals surface area contributed by atoms with Gasteiger partial charge in [-0.05, 0) is 11.8 Å². The molecule has 0 fully saturated rings. The van der Waals surface area contributed by atoms with Crippen molar-refractivity contribution in [3.05, 3.63) is 0 Å². The summed E-state index contributed by atoms with van der Waals surface area (Å²) in [6.45, 7) is 1.52. The summed E-state index contributed by atoms with van der Waals surface area (Å²) in [5.74, 6) is 0. The lowest BCUT2D eigenvalue weighted by Gasteiger charge is -2.13. The highest BCUT2D eigenvalue weighted by Gasteiger charge is 2.11. The summed E-state index contributed by atoms with van der Waals surface area (Å²) >= 11 is 5.20. The number of nitrogens with two attached hydrogens (primary N) is 1. The summed E-state index contributed by atoms with van der Waals surface area (Å²) in [5.41, 5.74) is 5.31. The van der Waals surface area contributed by atoms with E-state index in [9.17, 15) is 9.18 Å². The predicted molar refractivity (Wildman–Crippen MR) is 47.3 cm³/mol. The fourth-order valence-corrected chi connectivity index (χ4v) is 1.38. The lowest BCUT2D eigenvalue weighted by Crippen LogP contribution is -2.13. The minimum absolute atomic E-state index is 0.520. The summed E-state index contributed by atoms with van der Waals surface area (Å²) in [6, 6.07) is 0. The number of nitrogens with zero attached hydrogens (tertiary/aromatic N) is 1. The molecule has 1 amide bonds. The average Bonchev–Trinajstić information content (AvgIpc) is 1.80. The van der Waals surface area contributed by atoms with Crippen LogP contribution in [0.2, 0.25) is 0 Å². The van der Waals surface area contributed by atoms with Crippen LogP contribution in [0.25, 0.3) is 0 Å². The molecule has 1 unspecified atom stereocenters. The Labute approximate surface area is 73.7 Å². The molecule has 0 aromatic rings. The summed E-state index contributed by atoms with van der Waals surface area (Å²) in [7, 11) is 1.22. The molecule has 4 nitrogen and oxygen atoms in total. The molecular formula is C3H8FN2O2PS2. The van der Waals surface area contributed by atoms with Gasteiger partial charge in [-0.1, -0.05) is 0 Å². The van der Waals surface area contributed by atoms with Crippen LogP contribution in [-0.2, 0) is 15.8 Å². The maximum Gasteiger partial charge on any atom is 0.411 e. The van der Waals surface area contributed by atoms with Gasteiger partial charge in [0.1, 0.15) is 18.6 Å². The van der Waals surface area contributed by atoms with E-state index in [1.54, 1.807) is 0 Å². The molecule has 0 aromatic carbocycles. The Balaban J connectivity index is 3.72. The smallest absolute Gasteiger partial charge is 0.281 e. The van der Waals surface area contributed by atoms with Crippen molar-refractivity contribution in [1.82, 2.24) is 4.31 Å². The molecule has 0 saturated heterocycles. The minimum atomic E-state index is -2.32. The van der Waals surface area contributed by atoms with Crippen molar-refractivity contribution in [3.63, 3.8) is 0 Å². The first-order valence-electron chi connectivity index (χ1n) is 2.48. The first kappa shape index (κ1) is 11.3. The maximum absolute atomic E-state index is 11.8. The molecule has 0 aromatic heterocycles. The molecule has 11 heavy (non-hydrogen) atoms. The molecule has 0 bridgehead atoms. The van der Waals surface area contributed by atoms with Gasteiger partial charge in [-0.2, -0.15) is 0 Å². The Morgan fingerprint density at radius 2 is 2.36 bits per heavy atom. The Morgan fingerprint density at radius 1 is 1.91 bits per heavy atom. The quantitative estimate of drug-likeness (QED) is 0.256. The van der Waals surface area contributed by atoms with Crippen molar-refractivity contribution in [2.75, 3.05) is 13.7 Å². The molecule has 0 aliphatic carbocycles. The molecule has 2 N–H and O–H groups in total. The Bertz CT molecular complexity index is 196. The number of amides is 1. The molecular weight excluding hydrogens is 210 g/mol. The third kappa shape index (κ3) is 6.71. The van der Waals surface area contributed by atoms with Gasteiger partial charge in [-0.25, -0.2) is 13.1 Å². The van der Waals surface area contributed by atoms with Crippen LogP contribution < -0.4 is 5.50 Å². The van der Waals surface area contributed by atoms with Gasteiger partial charge >= 0.3 is 6.16 Å². The van der Waals surface area contributed by atoms with Crippen LogP contribution in [0.3, 0.4) is 0 Å². The Hall–Kier alpha value is 0.320. The summed E-state index contributed by atoms with van der Waals surface area (Å²) < 4.78 is 17.2. The van der Waals surface area contributed by atoms with E-state index in [1.165, 1.54) is 13.7 Å². The normalized spacial score (nSPS) is 15.6. The van der Waals surface area contributed by atoms with E-state index in [2.05, 4.69) is 11.8 Å².